The summed E-state index contributed by atoms with van der Waals surface area (Å²) in [5.41, 5.74) is 22.4. The molecule has 0 N–H and O–H groups in total. The molecule has 3 heterocycles. The van der Waals surface area contributed by atoms with Gasteiger partial charge in [0.25, 0.3) is 0 Å². The third kappa shape index (κ3) is 5.45. The molecule has 1 aliphatic carbocycles. The highest BCUT2D eigenvalue weighted by Crippen LogP contribution is 2.71. The van der Waals surface area contributed by atoms with E-state index in [1.54, 1.807) is 0 Å². The molecule has 0 bridgehead atoms. The van der Waals surface area contributed by atoms with Crippen LogP contribution in [0.3, 0.4) is 0 Å². The summed E-state index contributed by atoms with van der Waals surface area (Å²) in [5.74, 6) is 0. The molecule has 0 fully saturated rings. The average Bonchev–Trinajstić information content (AvgIpc) is 3.86. The number of hydrogen-bond donors (Lipinski definition) is 0. The van der Waals surface area contributed by atoms with Gasteiger partial charge in [-0.2, -0.15) is 10.0 Å². The van der Waals surface area contributed by atoms with E-state index in [1.807, 2.05) is 0 Å². The SMILES string of the molecule is CC1(C)c2ccccc2-c2ccc(N(c3ccc(-c4ccccc4)cc3)c3ccc(-c4cccc5c4S(C)(C)c4ccccc4C54c5ccccc5-n5c6ccccc6c6cccc4c65)cc3)cc21. The Bertz CT molecular complexity index is 3890. The standard InChI is InChI=1S/C66H50N2S/c1-65(2)54-24-10-8-20-50(54)51-41-40-48(42-59(51)65)67(46-36-32-44(33-37-46)43-18-6-5-7-19-43)47-38-34-45(35-39-47)49-22-16-28-58-64(49)69(3,4)62-31-15-12-26-56(62)66(58)55-25-11-14-30-61(55)68-60-29-13-9-21-52(60)53-23-17-27-57(66)63(53)68/h5-42H,1-4H3. The Balaban J connectivity index is 0.963. The van der Waals surface area contributed by atoms with Crippen LogP contribution in [-0.2, 0) is 10.8 Å². The minimum absolute atomic E-state index is 0.118. The fraction of sp³-hybridized carbons (Fsp3) is 0.0909. The Labute approximate surface area is 406 Å². The first-order valence-corrected chi connectivity index (χ1v) is 26.6. The van der Waals surface area contributed by atoms with Crippen LogP contribution in [0.4, 0.5) is 17.1 Å². The van der Waals surface area contributed by atoms with Gasteiger partial charge in [0.15, 0.2) is 0 Å². The highest BCUT2D eigenvalue weighted by molar-refractivity contribution is 8.33. The lowest BCUT2D eigenvalue weighted by atomic mass is 9.62. The van der Waals surface area contributed by atoms with E-state index in [9.17, 15) is 0 Å². The Morgan fingerprint density at radius 1 is 0.391 bits per heavy atom. The number of aromatic nitrogens is 1. The van der Waals surface area contributed by atoms with Crippen molar-refractivity contribution in [3.8, 4) is 39.1 Å². The third-order valence-corrected chi connectivity index (χ3v) is 18.8. The lowest BCUT2D eigenvalue weighted by Crippen LogP contribution is -2.39. The van der Waals surface area contributed by atoms with E-state index < -0.39 is 15.4 Å². The molecule has 2 nitrogen and oxygen atoms in total. The topological polar surface area (TPSA) is 8.17 Å². The van der Waals surface area contributed by atoms with Gasteiger partial charge in [0, 0.05) is 38.1 Å². The molecule has 0 saturated carbocycles. The van der Waals surface area contributed by atoms with Crippen LogP contribution < -0.4 is 4.90 Å². The molecule has 3 heteroatoms. The summed E-state index contributed by atoms with van der Waals surface area (Å²) in [7, 11) is -1.53. The van der Waals surface area contributed by atoms with Gasteiger partial charge in [-0.3, -0.25) is 0 Å². The van der Waals surface area contributed by atoms with Crippen molar-refractivity contribution in [2.24, 2.45) is 0 Å². The number of benzene rings is 10. The van der Waals surface area contributed by atoms with Gasteiger partial charge in [0.05, 0.1) is 22.1 Å². The molecule has 0 saturated heterocycles. The summed E-state index contributed by atoms with van der Waals surface area (Å²) in [6, 6.07) is 87.0. The molecule has 1 spiro atoms. The molecule has 330 valence electrons. The van der Waals surface area contributed by atoms with Crippen molar-refractivity contribution in [1.29, 1.82) is 0 Å². The van der Waals surface area contributed by atoms with E-state index >= 15 is 0 Å². The molecule has 69 heavy (non-hydrogen) atoms. The van der Waals surface area contributed by atoms with Gasteiger partial charge in [0.1, 0.15) is 0 Å². The van der Waals surface area contributed by atoms with Crippen LogP contribution in [0.5, 0.6) is 0 Å². The van der Waals surface area contributed by atoms with Crippen LogP contribution in [0.1, 0.15) is 47.2 Å². The minimum Gasteiger partial charge on any atom is -0.310 e. The normalized spacial score (nSPS) is 16.9. The van der Waals surface area contributed by atoms with Gasteiger partial charge >= 0.3 is 0 Å². The van der Waals surface area contributed by atoms with Crippen LogP contribution in [-0.4, -0.2) is 17.1 Å². The zero-order chi connectivity index (χ0) is 46.2. The predicted octanol–water partition coefficient (Wildman–Crippen LogP) is 17.4. The van der Waals surface area contributed by atoms with Gasteiger partial charge in [-0.25, -0.2) is 0 Å². The van der Waals surface area contributed by atoms with Crippen LogP contribution >= 0.6 is 10.0 Å². The maximum absolute atomic E-state index is 2.54. The van der Waals surface area contributed by atoms with Crippen molar-refractivity contribution in [2.45, 2.75) is 34.5 Å². The molecular weight excluding hydrogens is 853 g/mol. The lowest BCUT2D eigenvalue weighted by molar-refractivity contribution is 0.660. The number of hydrogen-bond acceptors (Lipinski definition) is 1. The zero-order valence-corrected chi connectivity index (χ0v) is 40.1. The lowest BCUT2D eigenvalue weighted by Gasteiger charge is -2.52. The maximum atomic E-state index is 2.54. The molecule has 1 unspecified atom stereocenters. The number of para-hydroxylation sites is 3. The first-order chi connectivity index (χ1) is 33.8. The van der Waals surface area contributed by atoms with Gasteiger partial charge in [-0.05, 0) is 139 Å². The van der Waals surface area contributed by atoms with Crippen LogP contribution in [0, 0.1) is 0 Å². The molecular formula is C66H50N2S. The highest BCUT2D eigenvalue weighted by atomic mass is 32.3. The van der Waals surface area contributed by atoms with Crippen LogP contribution in [0.15, 0.2) is 240 Å². The monoisotopic (exact) mass is 902 g/mol. The third-order valence-electron chi connectivity index (χ3n) is 15.9. The quantitative estimate of drug-likeness (QED) is 0.167. The molecule has 10 aromatic carbocycles. The molecule has 0 radical (unpaired) electrons. The van der Waals surface area contributed by atoms with Gasteiger partial charge < -0.3 is 9.47 Å². The predicted molar refractivity (Wildman–Crippen MR) is 292 cm³/mol. The Kier molecular flexibility index (Phi) is 8.50. The van der Waals surface area contributed by atoms with Crippen molar-refractivity contribution in [1.82, 2.24) is 4.57 Å². The first kappa shape index (κ1) is 40.2. The van der Waals surface area contributed by atoms with E-state index in [2.05, 4.69) is 266 Å². The van der Waals surface area contributed by atoms with Crippen molar-refractivity contribution >= 4 is 48.9 Å². The van der Waals surface area contributed by atoms with Crippen molar-refractivity contribution < 1.29 is 0 Å². The van der Waals surface area contributed by atoms with E-state index in [-0.39, 0.29) is 5.41 Å². The van der Waals surface area contributed by atoms with E-state index in [4.69, 9.17) is 0 Å². The first-order valence-electron chi connectivity index (χ1n) is 24.2. The second-order valence-corrected chi connectivity index (χ2v) is 23.5. The number of anilines is 3. The molecule has 1 atom stereocenters. The van der Waals surface area contributed by atoms with Crippen molar-refractivity contribution in [2.75, 3.05) is 17.4 Å². The van der Waals surface area contributed by atoms with E-state index in [0.29, 0.717) is 0 Å². The summed E-state index contributed by atoms with van der Waals surface area (Å²) >= 11 is 0. The highest BCUT2D eigenvalue weighted by Gasteiger charge is 2.52. The van der Waals surface area contributed by atoms with Crippen molar-refractivity contribution in [3.63, 3.8) is 0 Å². The van der Waals surface area contributed by atoms with Gasteiger partial charge in [0.2, 0.25) is 0 Å². The smallest absolute Gasteiger partial charge is 0.0763 e. The fourth-order valence-corrected chi connectivity index (χ4v) is 15.8. The largest absolute Gasteiger partial charge is 0.310 e. The van der Waals surface area contributed by atoms with E-state index in [1.165, 1.54) is 104 Å². The summed E-state index contributed by atoms with van der Waals surface area (Å²) in [5, 5.41) is 2.59. The summed E-state index contributed by atoms with van der Waals surface area (Å²) in [4.78, 5) is 5.35. The summed E-state index contributed by atoms with van der Waals surface area (Å²) < 4.78 is 2.54. The second kappa shape index (κ2) is 14.6. The number of rotatable bonds is 5. The number of nitrogens with zero attached hydrogens (tertiary/aromatic N) is 2. The molecule has 0 amide bonds. The Morgan fingerprint density at radius 2 is 0.942 bits per heavy atom. The fourth-order valence-electron chi connectivity index (χ4n) is 12.9. The molecule has 14 rings (SSSR count). The average molecular weight is 903 g/mol. The van der Waals surface area contributed by atoms with Crippen LogP contribution in [0.2, 0.25) is 0 Å². The molecule has 1 aromatic heterocycles. The minimum atomic E-state index is -1.53. The molecule has 3 aliphatic rings. The zero-order valence-electron chi connectivity index (χ0n) is 39.2. The Morgan fingerprint density at radius 3 is 1.74 bits per heavy atom. The number of fused-ring (bicyclic) bond motifs is 14. The summed E-state index contributed by atoms with van der Waals surface area (Å²) in [6.07, 6.45) is 5.05. The Hall–Kier alpha value is -7.85. The van der Waals surface area contributed by atoms with Gasteiger partial charge in [-0.1, -0.05) is 190 Å². The summed E-state index contributed by atoms with van der Waals surface area (Å²) in [6.45, 7) is 4.74. The molecule has 2 aliphatic heterocycles. The van der Waals surface area contributed by atoms with Gasteiger partial charge in [-0.15, -0.1) is 0 Å². The maximum Gasteiger partial charge on any atom is 0.0763 e. The van der Waals surface area contributed by atoms with E-state index in [0.717, 1.165) is 17.1 Å². The molecule has 11 aromatic rings. The van der Waals surface area contributed by atoms with Crippen molar-refractivity contribution in [3.05, 3.63) is 264 Å². The van der Waals surface area contributed by atoms with Crippen LogP contribution in [0.25, 0.3) is 60.9 Å². The second-order valence-electron chi connectivity index (χ2n) is 20.0.